The number of non-ortho nitro benzene ring substituents is 1. The Kier molecular flexibility index (Phi) is 2.71. The highest BCUT2D eigenvalue weighted by Gasteiger charge is 2.54. The Morgan fingerprint density at radius 3 is 2.48 bits per heavy atom. The Balaban J connectivity index is 1.97. The van der Waals surface area contributed by atoms with Gasteiger partial charge in [-0.05, 0) is 12.1 Å². The zero-order valence-corrected chi connectivity index (χ0v) is 12.8. The first-order valence-corrected chi connectivity index (χ1v) is 7.39. The summed E-state index contributed by atoms with van der Waals surface area (Å²) in [4.78, 5) is 23.7. The summed E-state index contributed by atoms with van der Waals surface area (Å²) in [5, 5.41) is 12.2. The van der Waals surface area contributed by atoms with Gasteiger partial charge in [-0.2, -0.15) is 0 Å². The molecule has 6 nitrogen and oxygen atoms in total. The molecule has 23 heavy (non-hydrogen) atoms. The summed E-state index contributed by atoms with van der Waals surface area (Å²) in [6.07, 6.45) is 0. The van der Waals surface area contributed by atoms with Gasteiger partial charge in [0.25, 0.3) is 11.5 Å². The Bertz CT molecular complexity index is 861. The topological polar surface area (TPSA) is 78.7 Å². The van der Waals surface area contributed by atoms with E-state index in [2.05, 4.69) is 0 Å². The second kappa shape index (κ2) is 4.37. The molecule has 0 unspecified atom stereocenters. The molecule has 2 aromatic rings. The summed E-state index contributed by atoms with van der Waals surface area (Å²) < 4.78 is 11.8. The van der Waals surface area contributed by atoms with Crippen molar-refractivity contribution in [2.45, 2.75) is 19.6 Å². The first kappa shape index (κ1) is 14.3. The Morgan fingerprint density at radius 1 is 1.13 bits per heavy atom. The molecule has 6 heteroatoms. The monoisotopic (exact) mass is 313 g/mol. The third-order valence-electron chi connectivity index (χ3n) is 4.44. The van der Waals surface area contributed by atoms with Crippen LogP contribution in [0.25, 0.3) is 10.8 Å². The standard InChI is InChI=1S/C17H15NO5/c1-16(2)8-22-17(23-9-16)12-5-3-4-10-13(18(20)21)7-6-11(14(10)12)15(17)19/h3-7H,8-9H2,1-2H3. The van der Waals surface area contributed by atoms with Crippen LogP contribution in [0, 0.1) is 15.5 Å². The summed E-state index contributed by atoms with van der Waals surface area (Å²) in [6, 6.07) is 7.96. The fourth-order valence-electron chi connectivity index (χ4n) is 3.28. The van der Waals surface area contributed by atoms with Crippen LogP contribution >= 0.6 is 0 Å². The molecule has 1 saturated heterocycles. The molecular formula is C17H15NO5. The lowest BCUT2D eigenvalue weighted by molar-refractivity contribution is -0.383. The van der Waals surface area contributed by atoms with Gasteiger partial charge in [-0.3, -0.25) is 14.9 Å². The van der Waals surface area contributed by atoms with E-state index in [0.717, 1.165) is 0 Å². The second-order valence-corrected chi connectivity index (χ2v) is 6.80. The van der Waals surface area contributed by atoms with Crippen molar-refractivity contribution in [3.05, 3.63) is 51.6 Å². The smallest absolute Gasteiger partial charge is 0.277 e. The maximum atomic E-state index is 12.9. The molecule has 0 N–H and O–H groups in total. The van der Waals surface area contributed by atoms with Crippen molar-refractivity contribution in [3.8, 4) is 0 Å². The van der Waals surface area contributed by atoms with Gasteiger partial charge in [0.2, 0.25) is 5.78 Å². The lowest BCUT2D eigenvalue weighted by atomic mass is 9.93. The minimum Gasteiger partial charge on any atom is -0.339 e. The Hall–Kier alpha value is -2.31. The zero-order chi connectivity index (χ0) is 16.4. The lowest BCUT2D eigenvalue weighted by Crippen LogP contribution is -2.48. The molecule has 2 aromatic carbocycles. The molecule has 1 aliphatic carbocycles. The second-order valence-electron chi connectivity index (χ2n) is 6.80. The van der Waals surface area contributed by atoms with Crippen LogP contribution < -0.4 is 0 Å². The summed E-state index contributed by atoms with van der Waals surface area (Å²) >= 11 is 0. The van der Waals surface area contributed by atoms with Gasteiger partial charge in [0.1, 0.15) is 0 Å². The third-order valence-corrected chi connectivity index (χ3v) is 4.44. The predicted molar refractivity (Wildman–Crippen MR) is 82.3 cm³/mol. The van der Waals surface area contributed by atoms with Gasteiger partial charge in [0.05, 0.1) is 23.5 Å². The van der Waals surface area contributed by atoms with E-state index < -0.39 is 10.7 Å². The molecule has 0 aromatic heterocycles. The van der Waals surface area contributed by atoms with Crippen molar-refractivity contribution in [1.82, 2.24) is 0 Å². The molecule has 2 aliphatic rings. The molecule has 0 amide bonds. The van der Waals surface area contributed by atoms with Crippen molar-refractivity contribution < 1.29 is 19.2 Å². The van der Waals surface area contributed by atoms with Crippen LogP contribution in [0.3, 0.4) is 0 Å². The molecule has 4 rings (SSSR count). The molecule has 118 valence electrons. The number of ether oxygens (including phenoxy) is 2. The number of hydrogen-bond donors (Lipinski definition) is 0. The van der Waals surface area contributed by atoms with Crippen LogP contribution in [0.2, 0.25) is 0 Å². The van der Waals surface area contributed by atoms with Crippen LogP contribution in [0.5, 0.6) is 0 Å². The maximum Gasteiger partial charge on any atom is 0.277 e. The number of ketones is 1. The van der Waals surface area contributed by atoms with E-state index in [4.69, 9.17) is 9.47 Å². The highest BCUT2D eigenvalue weighted by molar-refractivity contribution is 6.20. The van der Waals surface area contributed by atoms with E-state index in [0.29, 0.717) is 35.1 Å². The summed E-state index contributed by atoms with van der Waals surface area (Å²) in [7, 11) is 0. The van der Waals surface area contributed by atoms with E-state index in [1.807, 2.05) is 13.8 Å². The molecule has 0 radical (unpaired) electrons. The fourth-order valence-corrected chi connectivity index (χ4v) is 3.28. The highest BCUT2D eigenvalue weighted by atomic mass is 16.7. The van der Waals surface area contributed by atoms with Crippen molar-refractivity contribution in [2.75, 3.05) is 13.2 Å². The van der Waals surface area contributed by atoms with Crippen LogP contribution in [0.1, 0.15) is 29.8 Å². The largest absolute Gasteiger partial charge is 0.339 e. The van der Waals surface area contributed by atoms with Gasteiger partial charge in [-0.25, -0.2) is 0 Å². The number of rotatable bonds is 1. The van der Waals surface area contributed by atoms with Crippen LogP contribution in [0.4, 0.5) is 5.69 Å². The highest BCUT2D eigenvalue weighted by Crippen LogP contribution is 2.49. The van der Waals surface area contributed by atoms with Gasteiger partial charge in [-0.15, -0.1) is 0 Å². The number of Topliss-reactive ketones (excluding diaryl/α,β-unsaturated/α-hetero) is 1. The number of nitrogens with zero attached hydrogens (tertiary/aromatic N) is 1. The number of nitro benzene ring substituents is 1. The summed E-state index contributed by atoms with van der Waals surface area (Å²) in [5.74, 6) is -1.75. The van der Waals surface area contributed by atoms with Crippen molar-refractivity contribution >= 4 is 22.2 Å². The normalized spacial score (nSPS) is 21.0. The first-order valence-electron chi connectivity index (χ1n) is 7.39. The Labute approximate surface area is 132 Å². The van der Waals surface area contributed by atoms with Gasteiger partial charge in [-0.1, -0.05) is 26.0 Å². The third kappa shape index (κ3) is 1.79. The molecular weight excluding hydrogens is 298 g/mol. The number of carbonyl (C=O) groups excluding carboxylic acids is 1. The summed E-state index contributed by atoms with van der Waals surface area (Å²) in [6.45, 7) is 4.76. The number of fused-ring (bicyclic) bond motifs is 1. The first-order chi connectivity index (χ1) is 10.9. The SMILES string of the molecule is CC1(C)COC2(OC1)C(=O)c1ccc([N+](=O)[O-])c3cccc2c13. The Morgan fingerprint density at radius 2 is 1.83 bits per heavy atom. The molecule has 1 aliphatic heterocycles. The van der Waals surface area contributed by atoms with Crippen LogP contribution in [0.15, 0.2) is 30.3 Å². The van der Waals surface area contributed by atoms with Crippen LogP contribution in [-0.4, -0.2) is 23.9 Å². The average Bonchev–Trinajstić information content (AvgIpc) is 2.75. The van der Waals surface area contributed by atoms with E-state index in [1.165, 1.54) is 12.1 Å². The van der Waals surface area contributed by atoms with E-state index in [1.54, 1.807) is 18.2 Å². The molecule has 1 fully saturated rings. The number of benzene rings is 2. The molecule has 0 atom stereocenters. The maximum absolute atomic E-state index is 12.9. The number of nitro groups is 1. The van der Waals surface area contributed by atoms with Crippen molar-refractivity contribution in [1.29, 1.82) is 0 Å². The predicted octanol–water partition coefficient (Wildman–Crippen LogP) is 3.17. The minimum atomic E-state index is -1.47. The van der Waals surface area contributed by atoms with Gasteiger partial charge in [0, 0.05) is 28.0 Å². The zero-order valence-electron chi connectivity index (χ0n) is 12.8. The fraction of sp³-hybridized carbons (Fsp3) is 0.353. The average molecular weight is 313 g/mol. The van der Waals surface area contributed by atoms with Crippen LogP contribution in [-0.2, 0) is 15.3 Å². The van der Waals surface area contributed by atoms with E-state index in [9.17, 15) is 14.9 Å². The van der Waals surface area contributed by atoms with Gasteiger partial charge < -0.3 is 9.47 Å². The van der Waals surface area contributed by atoms with Gasteiger partial charge in [0.15, 0.2) is 0 Å². The number of carbonyl (C=O) groups is 1. The van der Waals surface area contributed by atoms with E-state index >= 15 is 0 Å². The molecule has 0 saturated carbocycles. The molecule has 0 bridgehead atoms. The minimum absolute atomic E-state index is 0.0217. The molecule has 1 spiro atoms. The summed E-state index contributed by atoms with van der Waals surface area (Å²) in [5.41, 5.74) is 0.780. The molecule has 1 heterocycles. The van der Waals surface area contributed by atoms with Gasteiger partial charge >= 0.3 is 0 Å². The quantitative estimate of drug-likeness (QED) is 0.597. The van der Waals surface area contributed by atoms with Crippen molar-refractivity contribution in [3.63, 3.8) is 0 Å². The lowest BCUT2D eigenvalue weighted by Gasteiger charge is -2.40. The van der Waals surface area contributed by atoms with Crippen molar-refractivity contribution in [2.24, 2.45) is 5.41 Å². The van der Waals surface area contributed by atoms with E-state index in [-0.39, 0.29) is 16.9 Å². The number of hydrogen-bond acceptors (Lipinski definition) is 5.